The van der Waals surface area contributed by atoms with Gasteiger partial charge in [0.25, 0.3) is 12.0 Å². The van der Waals surface area contributed by atoms with Crippen LogP contribution in [0.2, 0.25) is 0 Å². The Hall–Kier alpha value is -2.81. The molecule has 142 valence electrons. The number of alkyl halides is 2. The van der Waals surface area contributed by atoms with E-state index >= 15 is 0 Å². The Kier molecular flexibility index (Phi) is 4.85. The number of hydrogen-bond acceptors (Lipinski definition) is 6. The normalized spacial score (nSPS) is 15.7. The predicted molar refractivity (Wildman–Crippen MR) is 96.0 cm³/mol. The van der Waals surface area contributed by atoms with Crippen LogP contribution in [0.1, 0.15) is 5.69 Å². The van der Waals surface area contributed by atoms with Gasteiger partial charge in [-0.25, -0.2) is 13.8 Å². The summed E-state index contributed by atoms with van der Waals surface area (Å²) in [4.78, 5) is 21.0. The van der Waals surface area contributed by atoms with Crippen LogP contribution in [-0.2, 0) is 13.1 Å². The molecule has 0 atom stereocenters. The molecule has 1 fully saturated rings. The first-order valence-corrected chi connectivity index (χ1v) is 8.74. The summed E-state index contributed by atoms with van der Waals surface area (Å²) in [6.07, 6.45) is 0.175. The van der Waals surface area contributed by atoms with Crippen LogP contribution in [0.3, 0.4) is 0 Å². The van der Waals surface area contributed by atoms with Crippen molar-refractivity contribution in [1.82, 2.24) is 19.6 Å². The van der Waals surface area contributed by atoms with Crippen LogP contribution in [0.4, 0.5) is 14.5 Å². The smallest absolute Gasteiger partial charge is 0.261 e. The van der Waals surface area contributed by atoms with E-state index in [9.17, 15) is 13.6 Å². The fourth-order valence-electron chi connectivity index (χ4n) is 3.33. The molecule has 0 unspecified atom stereocenters. The number of hydrogen-bond donors (Lipinski definition) is 0. The molecule has 27 heavy (non-hydrogen) atoms. The molecule has 0 aliphatic carbocycles. The van der Waals surface area contributed by atoms with Gasteiger partial charge in [-0.2, -0.15) is 0 Å². The maximum absolute atomic E-state index is 12.6. The summed E-state index contributed by atoms with van der Waals surface area (Å²) >= 11 is 0. The van der Waals surface area contributed by atoms with Crippen molar-refractivity contribution in [3.8, 4) is 0 Å². The van der Waals surface area contributed by atoms with Gasteiger partial charge < -0.3 is 9.42 Å². The minimum atomic E-state index is -2.59. The van der Waals surface area contributed by atoms with E-state index in [1.165, 1.54) is 6.33 Å². The zero-order chi connectivity index (χ0) is 18.8. The average molecular weight is 375 g/mol. The van der Waals surface area contributed by atoms with E-state index in [-0.39, 0.29) is 0 Å². The van der Waals surface area contributed by atoms with Crippen LogP contribution in [-0.4, -0.2) is 52.2 Å². The second-order valence-corrected chi connectivity index (χ2v) is 6.55. The lowest BCUT2D eigenvalue weighted by Gasteiger charge is -2.35. The van der Waals surface area contributed by atoms with Gasteiger partial charge in [-0.15, -0.1) is 0 Å². The monoisotopic (exact) mass is 375 g/mol. The summed E-state index contributed by atoms with van der Waals surface area (Å²) in [7, 11) is 0. The average Bonchev–Trinajstić information content (AvgIpc) is 3.17. The molecule has 0 amide bonds. The van der Waals surface area contributed by atoms with Crippen LogP contribution >= 0.6 is 0 Å². The molecule has 1 aliphatic heterocycles. The van der Waals surface area contributed by atoms with Crippen LogP contribution in [0.25, 0.3) is 10.9 Å². The van der Waals surface area contributed by atoms with Gasteiger partial charge >= 0.3 is 0 Å². The van der Waals surface area contributed by atoms with E-state index < -0.39 is 18.5 Å². The van der Waals surface area contributed by atoms with Gasteiger partial charge in [0.05, 0.1) is 29.5 Å². The number of rotatable bonds is 5. The van der Waals surface area contributed by atoms with Gasteiger partial charge in [-0.1, -0.05) is 5.16 Å². The predicted octanol–water partition coefficient (Wildman–Crippen LogP) is 1.97. The molecular weight excluding hydrogens is 356 g/mol. The van der Waals surface area contributed by atoms with Gasteiger partial charge in [0, 0.05) is 44.5 Å². The number of nitrogens with zero attached hydrogens (tertiary/aromatic N) is 5. The fraction of sp³-hybridized carbons (Fsp3) is 0.389. The summed E-state index contributed by atoms with van der Waals surface area (Å²) < 4.78 is 30.9. The molecule has 1 aliphatic rings. The molecular formula is C18H19F2N5O2. The Morgan fingerprint density at radius 3 is 2.67 bits per heavy atom. The Balaban J connectivity index is 1.47. The van der Waals surface area contributed by atoms with Gasteiger partial charge in [-0.3, -0.25) is 14.3 Å². The first-order chi connectivity index (χ1) is 13.1. The zero-order valence-electron chi connectivity index (χ0n) is 14.6. The minimum absolute atomic E-state index is 0.353. The third kappa shape index (κ3) is 3.82. The van der Waals surface area contributed by atoms with Crippen molar-refractivity contribution in [3.63, 3.8) is 0 Å². The van der Waals surface area contributed by atoms with Crippen LogP contribution in [0.5, 0.6) is 0 Å². The third-order valence-corrected chi connectivity index (χ3v) is 4.76. The highest BCUT2D eigenvalue weighted by atomic mass is 19.3. The highest BCUT2D eigenvalue weighted by Gasteiger charge is 2.19. The summed E-state index contributed by atoms with van der Waals surface area (Å²) in [6, 6.07) is 7.23. The molecule has 0 bridgehead atoms. The highest BCUT2D eigenvalue weighted by Crippen LogP contribution is 2.21. The molecule has 1 saturated heterocycles. The van der Waals surface area contributed by atoms with E-state index in [0.29, 0.717) is 10.9 Å². The Morgan fingerprint density at radius 1 is 1.15 bits per heavy atom. The zero-order valence-corrected chi connectivity index (χ0v) is 14.6. The van der Waals surface area contributed by atoms with E-state index in [1.807, 2.05) is 18.2 Å². The van der Waals surface area contributed by atoms with Gasteiger partial charge in [0.1, 0.15) is 6.26 Å². The fourth-order valence-corrected chi connectivity index (χ4v) is 3.33. The molecule has 9 heteroatoms. The van der Waals surface area contributed by atoms with Crippen molar-refractivity contribution >= 4 is 16.6 Å². The maximum Gasteiger partial charge on any atom is 0.261 e. The maximum atomic E-state index is 12.6. The number of fused-ring (bicyclic) bond motifs is 1. The molecule has 7 nitrogen and oxygen atoms in total. The molecule has 3 aromatic rings. The molecule has 0 spiro atoms. The molecule has 2 aromatic heterocycles. The Morgan fingerprint density at radius 2 is 1.96 bits per heavy atom. The van der Waals surface area contributed by atoms with Crippen LogP contribution in [0.15, 0.2) is 46.2 Å². The van der Waals surface area contributed by atoms with Crippen molar-refractivity contribution in [2.75, 3.05) is 31.1 Å². The summed E-state index contributed by atoms with van der Waals surface area (Å²) in [5, 5.41) is 4.29. The van der Waals surface area contributed by atoms with E-state index in [2.05, 4.69) is 19.9 Å². The Labute approximate surface area is 153 Å². The summed E-state index contributed by atoms with van der Waals surface area (Å²) in [5.41, 5.74) is 1.97. The quantitative estimate of drug-likeness (QED) is 0.679. The van der Waals surface area contributed by atoms with Crippen molar-refractivity contribution < 1.29 is 13.3 Å². The van der Waals surface area contributed by atoms with E-state index in [4.69, 9.17) is 4.52 Å². The van der Waals surface area contributed by atoms with Crippen molar-refractivity contribution in [1.29, 1.82) is 0 Å². The van der Waals surface area contributed by atoms with Gasteiger partial charge in [0.15, 0.2) is 0 Å². The number of anilines is 1. The number of halogens is 2. The third-order valence-electron chi connectivity index (χ3n) is 4.76. The Bertz CT molecular complexity index is 966. The molecule has 4 rings (SSSR count). The van der Waals surface area contributed by atoms with E-state index in [1.54, 1.807) is 12.3 Å². The van der Waals surface area contributed by atoms with Gasteiger partial charge in [0.2, 0.25) is 0 Å². The summed E-state index contributed by atoms with van der Waals surface area (Å²) in [6.45, 7) is 3.56. The first kappa shape index (κ1) is 17.6. The minimum Gasteiger partial charge on any atom is -0.369 e. The number of benzene rings is 1. The first-order valence-electron chi connectivity index (χ1n) is 8.74. The standard InChI is InChI=1S/C18H19F2N5O2/c19-17(20)11-25-12-21-16-9-14(1-2-15(16)18(25)26)24-6-4-23(5-7-24)10-13-3-8-27-22-13/h1-3,8-9,12,17H,4-7,10-11H2. The van der Waals surface area contributed by atoms with Crippen LogP contribution < -0.4 is 10.5 Å². The number of piperazine rings is 1. The molecule has 0 radical (unpaired) electrons. The summed E-state index contributed by atoms with van der Waals surface area (Å²) in [5.74, 6) is 0. The molecule has 0 saturated carbocycles. The largest absolute Gasteiger partial charge is 0.369 e. The van der Waals surface area contributed by atoms with Crippen LogP contribution in [0, 0.1) is 0 Å². The number of aromatic nitrogens is 3. The highest BCUT2D eigenvalue weighted by molar-refractivity contribution is 5.81. The molecule has 3 heterocycles. The second kappa shape index (κ2) is 7.43. The van der Waals surface area contributed by atoms with Crippen molar-refractivity contribution in [2.45, 2.75) is 19.5 Å². The second-order valence-electron chi connectivity index (χ2n) is 6.55. The lowest BCUT2D eigenvalue weighted by Crippen LogP contribution is -2.46. The topological polar surface area (TPSA) is 67.4 Å². The van der Waals surface area contributed by atoms with E-state index in [0.717, 1.165) is 48.7 Å². The lowest BCUT2D eigenvalue weighted by atomic mass is 10.2. The lowest BCUT2D eigenvalue weighted by molar-refractivity contribution is 0.125. The molecule has 0 N–H and O–H groups in total. The van der Waals surface area contributed by atoms with Crippen molar-refractivity contribution in [2.24, 2.45) is 0 Å². The molecule has 1 aromatic carbocycles. The van der Waals surface area contributed by atoms with Gasteiger partial charge in [-0.05, 0) is 18.2 Å². The van der Waals surface area contributed by atoms with Crippen molar-refractivity contribution in [3.05, 3.63) is 52.9 Å². The SMILES string of the molecule is O=c1c2ccc(N3CCN(Cc4ccon4)CC3)cc2ncn1CC(F)F.